The molecule has 10 heteroatoms. The third-order valence-corrected chi connectivity index (χ3v) is 7.21. The number of thiocarbonyl (C=S) groups is 1. The Kier molecular flexibility index (Phi) is 10.7. The quantitative estimate of drug-likeness (QED) is 0.166. The van der Waals surface area contributed by atoms with E-state index in [1.807, 2.05) is 53.6 Å². The maximum atomic E-state index is 12.6. The maximum absolute atomic E-state index is 12.6. The number of allylic oxidation sites excluding steroid dienone is 4. The molecular weight excluding hydrogens is 475 g/mol. The van der Waals surface area contributed by atoms with Crippen molar-refractivity contribution in [2.75, 3.05) is 23.7 Å². The minimum Gasteiger partial charge on any atom is -0.748 e. The average Bonchev–Trinajstić information content (AvgIpc) is 3.00. The molecule has 0 aromatic heterocycles. The average molecular weight is 501 g/mol. The number of unbranched alkanes of at least 4 members (excludes halogenated alkanes) is 2. The van der Waals surface area contributed by atoms with Gasteiger partial charge in [0.05, 0.1) is 15.0 Å². The summed E-state index contributed by atoms with van der Waals surface area (Å²) in [5, 5.41) is 0. The van der Waals surface area contributed by atoms with E-state index in [0.717, 1.165) is 29.7 Å². The van der Waals surface area contributed by atoms with E-state index < -0.39 is 10.1 Å². The van der Waals surface area contributed by atoms with E-state index in [1.165, 1.54) is 11.8 Å². The van der Waals surface area contributed by atoms with E-state index in [0.29, 0.717) is 35.2 Å². The second-order valence-electron chi connectivity index (χ2n) is 7.33. The van der Waals surface area contributed by atoms with Crippen LogP contribution >= 0.6 is 24.0 Å². The molecule has 0 aliphatic carbocycles. The molecule has 0 spiro atoms. The number of hydrogen-bond acceptors (Lipinski definition) is 7. The third kappa shape index (κ3) is 7.28. The smallest absolute Gasteiger partial charge is 0.748 e. The molecule has 0 atom stereocenters. The second-order valence-corrected chi connectivity index (χ2v) is 10.5. The molecule has 2 aliphatic rings. The summed E-state index contributed by atoms with van der Waals surface area (Å²) in [5.41, 5.74) is 3.01. The first-order valence-electron chi connectivity index (χ1n) is 10.2. The first kappa shape index (κ1) is 27.3. The van der Waals surface area contributed by atoms with Crippen LogP contribution in [0.5, 0.6) is 0 Å². The van der Waals surface area contributed by atoms with E-state index in [-0.39, 0.29) is 41.2 Å². The van der Waals surface area contributed by atoms with Crippen LogP contribution in [0.25, 0.3) is 5.57 Å². The Morgan fingerprint density at radius 3 is 2.59 bits per heavy atom. The van der Waals surface area contributed by atoms with Gasteiger partial charge in [0.25, 0.3) is 5.91 Å². The van der Waals surface area contributed by atoms with Crippen LogP contribution in [-0.4, -0.2) is 46.9 Å². The zero-order valence-corrected chi connectivity index (χ0v) is 22.8. The van der Waals surface area contributed by atoms with Crippen LogP contribution in [0.1, 0.15) is 38.2 Å². The van der Waals surface area contributed by atoms with E-state index in [9.17, 15) is 17.8 Å². The number of anilines is 1. The fraction of sp³-hybridized carbons (Fsp3) is 0.364. The molecule has 166 valence electrons. The van der Waals surface area contributed by atoms with Crippen LogP contribution in [-0.2, 0) is 14.9 Å². The van der Waals surface area contributed by atoms with Crippen molar-refractivity contribution >= 4 is 55.6 Å². The van der Waals surface area contributed by atoms with Crippen molar-refractivity contribution in [3.05, 3.63) is 59.2 Å². The SMILES string of the molecule is CCCCN1C(=O)C(=CC=C2C=CN(CCCCS(=O)(=O)[O-])c3ccccc32)SC1=S.[Na+]. The number of carbonyl (C=O) groups excluding carboxylic acids is 1. The van der Waals surface area contributed by atoms with Gasteiger partial charge in [-0.2, -0.15) is 0 Å². The summed E-state index contributed by atoms with van der Waals surface area (Å²) in [6.45, 7) is 3.35. The van der Waals surface area contributed by atoms with Crippen molar-refractivity contribution in [2.45, 2.75) is 32.6 Å². The molecule has 0 bridgehead atoms. The van der Waals surface area contributed by atoms with Gasteiger partial charge in [-0.3, -0.25) is 9.69 Å². The van der Waals surface area contributed by atoms with Gasteiger partial charge >= 0.3 is 29.6 Å². The summed E-state index contributed by atoms with van der Waals surface area (Å²) in [4.78, 5) is 17.0. The molecule has 1 amide bonds. The minimum absolute atomic E-state index is 0. The molecule has 1 saturated heterocycles. The normalized spacial score (nSPS) is 18.4. The van der Waals surface area contributed by atoms with Crippen LogP contribution in [0.3, 0.4) is 0 Å². The Hall–Kier alpha value is -0.940. The molecule has 1 aromatic rings. The predicted molar refractivity (Wildman–Crippen MR) is 130 cm³/mol. The molecule has 1 aromatic carbocycles. The summed E-state index contributed by atoms with van der Waals surface area (Å²) in [6, 6.07) is 7.92. The van der Waals surface area contributed by atoms with Crippen molar-refractivity contribution in [3.8, 4) is 0 Å². The van der Waals surface area contributed by atoms with Crippen LogP contribution in [0, 0.1) is 0 Å². The molecular formula is C22H25N2NaO4S3. The van der Waals surface area contributed by atoms with E-state index in [2.05, 4.69) is 6.92 Å². The first-order valence-corrected chi connectivity index (χ1v) is 13.0. The Labute approximate surface area is 221 Å². The van der Waals surface area contributed by atoms with Crippen molar-refractivity contribution in [1.82, 2.24) is 4.90 Å². The molecule has 0 radical (unpaired) electrons. The number of para-hydroxylation sites is 1. The number of rotatable bonds is 9. The number of benzene rings is 1. The van der Waals surface area contributed by atoms with Crippen LogP contribution in [0.4, 0.5) is 5.69 Å². The van der Waals surface area contributed by atoms with Gasteiger partial charge < -0.3 is 9.45 Å². The Balaban J connectivity index is 0.00000363. The number of carbonyl (C=O) groups is 1. The van der Waals surface area contributed by atoms with Gasteiger partial charge in [-0.15, -0.1) is 0 Å². The first-order chi connectivity index (χ1) is 14.8. The van der Waals surface area contributed by atoms with Gasteiger partial charge in [-0.05, 0) is 43.1 Å². The second kappa shape index (κ2) is 12.5. The van der Waals surface area contributed by atoms with E-state index in [1.54, 1.807) is 4.90 Å². The number of fused-ring (bicyclic) bond motifs is 1. The Morgan fingerprint density at radius 1 is 1.12 bits per heavy atom. The van der Waals surface area contributed by atoms with Crippen molar-refractivity contribution in [2.24, 2.45) is 0 Å². The van der Waals surface area contributed by atoms with Gasteiger partial charge in [0, 0.05) is 36.3 Å². The van der Waals surface area contributed by atoms with E-state index >= 15 is 0 Å². The van der Waals surface area contributed by atoms with Gasteiger partial charge in [0.2, 0.25) is 0 Å². The fourth-order valence-corrected chi connectivity index (χ4v) is 5.21. The fourth-order valence-electron chi connectivity index (χ4n) is 3.40. The standard InChI is InChI=1S/C22H26N2O4S3.Na/c1-2-3-14-24-21(25)20(30-22(24)29)11-10-17-12-15-23(13-6-7-16-31(26,27)28)19-9-5-4-8-18(17)19;/h4-5,8-12,15H,2-3,6-7,13-14,16H2,1H3,(H,26,27,28);/q;+1/p-1. The summed E-state index contributed by atoms with van der Waals surface area (Å²) in [7, 11) is -4.17. The van der Waals surface area contributed by atoms with Crippen LogP contribution in [0.2, 0.25) is 0 Å². The largest absolute Gasteiger partial charge is 1.00 e. The van der Waals surface area contributed by atoms with E-state index in [4.69, 9.17) is 12.2 Å². The topological polar surface area (TPSA) is 80.8 Å². The molecule has 1 fully saturated rings. The molecule has 6 nitrogen and oxygen atoms in total. The van der Waals surface area contributed by atoms with Gasteiger partial charge in [0.15, 0.2) is 0 Å². The Morgan fingerprint density at radius 2 is 1.88 bits per heavy atom. The van der Waals surface area contributed by atoms with Crippen molar-refractivity contribution < 1.29 is 47.3 Å². The number of amides is 1. The number of hydrogen-bond donors (Lipinski definition) is 0. The zero-order chi connectivity index (χ0) is 22.4. The maximum Gasteiger partial charge on any atom is 1.00 e. The molecule has 0 N–H and O–H groups in total. The predicted octanol–water partition coefficient (Wildman–Crippen LogP) is 1.28. The van der Waals surface area contributed by atoms with Gasteiger partial charge in [-0.25, -0.2) is 8.42 Å². The molecule has 3 rings (SSSR count). The monoisotopic (exact) mass is 500 g/mol. The Bertz CT molecular complexity index is 1050. The van der Waals surface area contributed by atoms with Crippen LogP contribution in [0.15, 0.2) is 53.6 Å². The molecule has 0 saturated carbocycles. The summed E-state index contributed by atoms with van der Waals surface area (Å²) < 4.78 is 33.0. The third-order valence-electron chi connectivity index (χ3n) is 5.03. The van der Waals surface area contributed by atoms with Crippen molar-refractivity contribution in [1.29, 1.82) is 0 Å². The van der Waals surface area contributed by atoms with Gasteiger partial charge in [-0.1, -0.05) is 61.6 Å². The minimum atomic E-state index is -4.17. The summed E-state index contributed by atoms with van der Waals surface area (Å²) >= 11 is 6.69. The molecule has 32 heavy (non-hydrogen) atoms. The molecule has 2 heterocycles. The van der Waals surface area contributed by atoms with Crippen molar-refractivity contribution in [3.63, 3.8) is 0 Å². The van der Waals surface area contributed by atoms with Crippen LogP contribution < -0.4 is 34.5 Å². The molecule has 0 unspecified atom stereocenters. The number of nitrogens with zero attached hydrogens (tertiary/aromatic N) is 2. The van der Waals surface area contributed by atoms with Gasteiger partial charge in [0.1, 0.15) is 4.32 Å². The molecule has 2 aliphatic heterocycles. The number of thioether (sulfide) groups is 1. The summed E-state index contributed by atoms with van der Waals surface area (Å²) in [6.07, 6.45) is 10.5. The summed E-state index contributed by atoms with van der Waals surface area (Å²) in [5.74, 6) is -0.378. The zero-order valence-electron chi connectivity index (χ0n) is 18.3.